The predicted molar refractivity (Wildman–Crippen MR) is 123 cm³/mol. The lowest BCUT2D eigenvalue weighted by atomic mass is 10.0. The first-order valence-electron chi connectivity index (χ1n) is 10.4. The number of aliphatic imine (C=N–C) groups is 1. The van der Waals surface area contributed by atoms with E-state index in [0.29, 0.717) is 19.4 Å². The zero-order chi connectivity index (χ0) is 23.3. The zero-order valence-electron chi connectivity index (χ0n) is 17.9. The highest BCUT2D eigenvalue weighted by Gasteiger charge is 2.25. The third-order valence-corrected chi connectivity index (χ3v) is 4.75. The van der Waals surface area contributed by atoms with Crippen molar-refractivity contribution in [2.75, 3.05) is 6.54 Å². The summed E-state index contributed by atoms with van der Waals surface area (Å²) in [6.45, 7) is 0.309. The molecule has 9 heteroatoms. The Morgan fingerprint density at radius 3 is 1.97 bits per heavy atom. The van der Waals surface area contributed by atoms with E-state index in [9.17, 15) is 14.4 Å². The van der Waals surface area contributed by atoms with Crippen LogP contribution >= 0.6 is 0 Å². The van der Waals surface area contributed by atoms with Crippen LogP contribution in [0.4, 0.5) is 0 Å². The quantitative estimate of drug-likeness (QED) is 0.178. The number of nitrogens with zero attached hydrogens (tertiary/aromatic N) is 1. The second-order valence-electron chi connectivity index (χ2n) is 7.38. The van der Waals surface area contributed by atoms with Crippen molar-refractivity contribution in [3.05, 3.63) is 71.8 Å². The Kier molecular flexibility index (Phi) is 9.70. The third kappa shape index (κ3) is 8.86. The van der Waals surface area contributed by atoms with Crippen LogP contribution in [0.15, 0.2) is 65.7 Å². The van der Waals surface area contributed by atoms with E-state index < -0.39 is 23.9 Å². The number of primary amides is 1. The van der Waals surface area contributed by atoms with Crippen LogP contribution in [0.3, 0.4) is 0 Å². The molecule has 0 bridgehead atoms. The van der Waals surface area contributed by atoms with Gasteiger partial charge in [-0.2, -0.15) is 0 Å². The topological polar surface area (TPSA) is 166 Å². The van der Waals surface area contributed by atoms with Crippen molar-refractivity contribution < 1.29 is 14.4 Å². The van der Waals surface area contributed by atoms with Crippen LogP contribution in [0.2, 0.25) is 0 Å². The van der Waals surface area contributed by atoms with Crippen molar-refractivity contribution in [1.29, 1.82) is 0 Å². The molecule has 2 aromatic rings. The molecule has 0 spiro atoms. The Labute approximate surface area is 187 Å². The smallest absolute Gasteiger partial charge is 0.243 e. The van der Waals surface area contributed by atoms with Gasteiger partial charge in [0.25, 0.3) is 0 Å². The maximum Gasteiger partial charge on any atom is 0.243 e. The molecule has 0 heterocycles. The minimum atomic E-state index is -0.906. The Morgan fingerprint density at radius 1 is 0.812 bits per heavy atom. The number of amides is 3. The normalized spacial score (nSPS) is 12.2. The monoisotopic (exact) mass is 438 g/mol. The number of carbonyl (C=O) groups is 3. The molecule has 3 amide bonds. The van der Waals surface area contributed by atoms with Crippen LogP contribution in [-0.2, 0) is 27.2 Å². The molecule has 0 aliphatic heterocycles. The Balaban J connectivity index is 2.05. The first kappa shape index (κ1) is 24.4. The third-order valence-electron chi connectivity index (χ3n) is 4.75. The average Bonchev–Trinajstić information content (AvgIpc) is 2.76. The van der Waals surface area contributed by atoms with E-state index in [1.54, 1.807) is 0 Å². The van der Waals surface area contributed by atoms with Crippen LogP contribution < -0.4 is 27.8 Å². The summed E-state index contributed by atoms with van der Waals surface area (Å²) in [4.78, 5) is 41.3. The van der Waals surface area contributed by atoms with Crippen LogP contribution in [0, 0.1) is 0 Å². The second-order valence-corrected chi connectivity index (χ2v) is 7.38. The molecule has 32 heavy (non-hydrogen) atoms. The molecule has 2 aromatic carbocycles. The van der Waals surface area contributed by atoms with Gasteiger partial charge in [0.1, 0.15) is 12.1 Å². The number of hydrogen-bond donors (Lipinski definition) is 5. The molecule has 0 saturated heterocycles. The fourth-order valence-electron chi connectivity index (χ4n) is 3.14. The maximum absolute atomic E-state index is 12.9. The number of nitrogens with one attached hydrogen (secondary N) is 2. The summed E-state index contributed by atoms with van der Waals surface area (Å²) in [5.41, 5.74) is 17.9. The van der Waals surface area contributed by atoms with E-state index in [-0.39, 0.29) is 24.7 Å². The maximum atomic E-state index is 12.9. The highest BCUT2D eigenvalue weighted by molar-refractivity contribution is 5.92. The van der Waals surface area contributed by atoms with Gasteiger partial charge in [-0.15, -0.1) is 0 Å². The first-order valence-corrected chi connectivity index (χ1v) is 10.4. The van der Waals surface area contributed by atoms with Crippen LogP contribution in [0.25, 0.3) is 0 Å². The predicted octanol–water partition coefficient (Wildman–Crippen LogP) is -0.0197. The molecule has 2 atom stereocenters. The summed E-state index contributed by atoms with van der Waals surface area (Å²) in [6, 6.07) is 16.6. The molecule has 9 nitrogen and oxygen atoms in total. The van der Waals surface area contributed by atoms with Crippen molar-refractivity contribution in [3.63, 3.8) is 0 Å². The van der Waals surface area contributed by atoms with E-state index in [4.69, 9.17) is 17.2 Å². The number of carbonyl (C=O) groups excluding carboxylic acids is 3. The zero-order valence-corrected chi connectivity index (χ0v) is 17.9. The van der Waals surface area contributed by atoms with Crippen LogP contribution in [0.1, 0.15) is 24.0 Å². The van der Waals surface area contributed by atoms with E-state index in [1.807, 2.05) is 60.7 Å². The molecule has 2 rings (SSSR count). The van der Waals surface area contributed by atoms with Gasteiger partial charge in [0.05, 0.1) is 6.42 Å². The molecule has 0 saturated carbocycles. The number of benzene rings is 2. The van der Waals surface area contributed by atoms with E-state index in [0.717, 1.165) is 11.1 Å². The fourth-order valence-corrected chi connectivity index (χ4v) is 3.14. The van der Waals surface area contributed by atoms with E-state index in [1.165, 1.54) is 0 Å². The first-order chi connectivity index (χ1) is 15.3. The Bertz CT molecular complexity index is 914. The Morgan fingerprint density at radius 2 is 1.41 bits per heavy atom. The minimum Gasteiger partial charge on any atom is -0.370 e. The fraction of sp³-hybridized carbons (Fsp3) is 0.304. The summed E-state index contributed by atoms with van der Waals surface area (Å²) < 4.78 is 0. The molecular formula is C23H30N6O3. The summed E-state index contributed by atoms with van der Waals surface area (Å²) in [5.74, 6) is -1.50. The average molecular weight is 439 g/mol. The lowest BCUT2D eigenvalue weighted by molar-refractivity contribution is -0.131. The van der Waals surface area contributed by atoms with Gasteiger partial charge in [0, 0.05) is 13.0 Å². The van der Waals surface area contributed by atoms with Gasteiger partial charge in [-0.05, 0) is 24.0 Å². The van der Waals surface area contributed by atoms with Crippen molar-refractivity contribution >= 4 is 23.7 Å². The SMILES string of the molecule is NC(=O)[C@H](Cc1ccccc1)NC(=O)[C@@H](CCCN=C(N)N)NC(=O)Cc1ccccc1. The van der Waals surface area contributed by atoms with Crippen LogP contribution in [-0.4, -0.2) is 42.3 Å². The number of guanidine groups is 1. The largest absolute Gasteiger partial charge is 0.370 e. The highest BCUT2D eigenvalue weighted by atomic mass is 16.2. The highest BCUT2D eigenvalue weighted by Crippen LogP contribution is 2.06. The van der Waals surface area contributed by atoms with Gasteiger partial charge in [0.15, 0.2) is 5.96 Å². The van der Waals surface area contributed by atoms with Gasteiger partial charge >= 0.3 is 0 Å². The summed E-state index contributed by atoms with van der Waals surface area (Å²) in [7, 11) is 0. The van der Waals surface area contributed by atoms with Gasteiger partial charge in [-0.25, -0.2) is 0 Å². The lowest BCUT2D eigenvalue weighted by Gasteiger charge is -2.22. The van der Waals surface area contributed by atoms with Gasteiger partial charge in [0.2, 0.25) is 17.7 Å². The molecule has 0 fully saturated rings. The lowest BCUT2D eigenvalue weighted by Crippen LogP contribution is -2.53. The number of nitrogens with two attached hydrogens (primary N) is 3. The van der Waals surface area contributed by atoms with Crippen molar-refractivity contribution in [3.8, 4) is 0 Å². The van der Waals surface area contributed by atoms with Crippen molar-refractivity contribution in [2.24, 2.45) is 22.2 Å². The number of hydrogen-bond acceptors (Lipinski definition) is 4. The molecular weight excluding hydrogens is 408 g/mol. The van der Waals surface area contributed by atoms with E-state index in [2.05, 4.69) is 15.6 Å². The molecule has 0 radical (unpaired) electrons. The molecule has 0 aliphatic carbocycles. The Hall–Kier alpha value is -3.88. The molecule has 170 valence electrons. The second kappa shape index (κ2) is 12.7. The summed E-state index contributed by atoms with van der Waals surface area (Å²) >= 11 is 0. The summed E-state index contributed by atoms with van der Waals surface area (Å²) in [5, 5.41) is 5.42. The van der Waals surface area contributed by atoms with Gasteiger partial charge in [-0.1, -0.05) is 60.7 Å². The van der Waals surface area contributed by atoms with Crippen molar-refractivity contribution in [1.82, 2.24) is 10.6 Å². The van der Waals surface area contributed by atoms with E-state index >= 15 is 0 Å². The molecule has 0 unspecified atom stereocenters. The standard InChI is InChI=1S/C23H30N6O3/c24-21(31)19(14-16-8-3-1-4-9-16)29-22(32)18(12-7-13-27-23(25)26)28-20(30)15-17-10-5-2-6-11-17/h1-6,8-11,18-19H,7,12-15H2,(H2,24,31)(H,28,30)(H,29,32)(H4,25,26,27)/t18-,19+/m1/s1. The molecule has 0 aromatic heterocycles. The van der Waals surface area contributed by atoms with Gasteiger partial charge in [-0.3, -0.25) is 19.4 Å². The van der Waals surface area contributed by atoms with Crippen LogP contribution in [0.5, 0.6) is 0 Å². The summed E-state index contributed by atoms with van der Waals surface area (Å²) in [6.07, 6.45) is 1.13. The molecule has 8 N–H and O–H groups in total. The van der Waals surface area contributed by atoms with Gasteiger partial charge < -0.3 is 27.8 Å². The van der Waals surface area contributed by atoms with Crippen molar-refractivity contribution in [2.45, 2.75) is 37.8 Å². The molecule has 0 aliphatic rings. The minimum absolute atomic E-state index is 0.0456. The number of rotatable bonds is 12.